The molecule has 2 aromatic rings. The molecule has 0 fully saturated rings. The van der Waals surface area contributed by atoms with Crippen molar-refractivity contribution in [2.24, 2.45) is 0 Å². The standard InChI is InChI=1S/C19H24FN3O2S/c1-14(2)22-18-9-4-5-10-19(18)23(26(22,24)25)17(11-12-21-3)15-7-6-8-16(20)13-15/h4-10,13-14,17,21H,11-12H2,1-3H3/t17-/m0/s1. The SMILES string of the molecule is CNCC[C@@H](c1cccc(F)c1)N1c2ccccc2N(C(C)C)S1(=O)=O. The van der Waals surface area contributed by atoms with Crippen molar-refractivity contribution in [1.29, 1.82) is 0 Å². The third-order valence-electron chi connectivity index (χ3n) is 4.51. The molecule has 0 aliphatic carbocycles. The van der Waals surface area contributed by atoms with E-state index in [2.05, 4.69) is 5.32 Å². The number of halogens is 1. The Labute approximate surface area is 154 Å². The molecular formula is C19H24FN3O2S. The summed E-state index contributed by atoms with van der Waals surface area (Å²) in [6.45, 7) is 4.31. The van der Waals surface area contributed by atoms with Crippen molar-refractivity contribution >= 4 is 21.6 Å². The minimum absolute atomic E-state index is 0.219. The van der Waals surface area contributed by atoms with Gasteiger partial charge in [0.15, 0.2) is 0 Å². The minimum atomic E-state index is -3.76. The third kappa shape index (κ3) is 3.17. The number of para-hydroxylation sites is 2. The second-order valence-electron chi connectivity index (χ2n) is 6.64. The van der Waals surface area contributed by atoms with E-state index in [0.717, 1.165) is 0 Å². The predicted molar refractivity (Wildman–Crippen MR) is 103 cm³/mol. The quantitative estimate of drug-likeness (QED) is 0.839. The maximum absolute atomic E-state index is 13.8. The van der Waals surface area contributed by atoms with Gasteiger partial charge in [-0.05, 0) is 63.7 Å². The van der Waals surface area contributed by atoms with E-state index in [1.807, 2.05) is 39.1 Å². The summed E-state index contributed by atoms with van der Waals surface area (Å²) in [6.07, 6.45) is 0.527. The molecule has 0 saturated carbocycles. The smallest absolute Gasteiger partial charge is 0.320 e. The molecule has 1 heterocycles. The minimum Gasteiger partial charge on any atom is -0.320 e. The van der Waals surface area contributed by atoms with Crippen molar-refractivity contribution in [3.8, 4) is 0 Å². The van der Waals surface area contributed by atoms with Gasteiger partial charge in [0.25, 0.3) is 0 Å². The summed E-state index contributed by atoms with van der Waals surface area (Å²) in [5, 5.41) is 3.06. The molecule has 7 heteroatoms. The van der Waals surface area contributed by atoms with Crippen molar-refractivity contribution in [3.05, 3.63) is 59.9 Å². The normalized spacial score (nSPS) is 16.8. The van der Waals surface area contributed by atoms with Crippen LogP contribution in [-0.2, 0) is 10.2 Å². The number of fused-ring (bicyclic) bond motifs is 1. The molecule has 0 unspecified atom stereocenters. The van der Waals surface area contributed by atoms with Gasteiger partial charge in [-0.15, -0.1) is 0 Å². The van der Waals surface area contributed by atoms with Gasteiger partial charge in [-0.3, -0.25) is 0 Å². The summed E-state index contributed by atoms with van der Waals surface area (Å²) in [5.41, 5.74) is 1.93. The number of hydrogen-bond acceptors (Lipinski definition) is 3. The van der Waals surface area contributed by atoms with Crippen molar-refractivity contribution in [2.75, 3.05) is 22.2 Å². The lowest BCUT2D eigenvalue weighted by atomic mass is 10.0. The van der Waals surface area contributed by atoms with Crippen LogP contribution in [0.3, 0.4) is 0 Å². The van der Waals surface area contributed by atoms with Crippen LogP contribution in [0.5, 0.6) is 0 Å². The molecule has 3 rings (SSSR count). The first-order chi connectivity index (χ1) is 12.4. The van der Waals surface area contributed by atoms with Gasteiger partial charge in [0, 0.05) is 6.04 Å². The Morgan fingerprint density at radius 3 is 2.27 bits per heavy atom. The van der Waals surface area contributed by atoms with E-state index in [-0.39, 0.29) is 11.9 Å². The summed E-state index contributed by atoms with van der Waals surface area (Å²) in [4.78, 5) is 0. The zero-order valence-corrected chi connectivity index (χ0v) is 16.0. The van der Waals surface area contributed by atoms with Gasteiger partial charge in [-0.25, -0.2) is 13.0 Å². The van der Waals surface area contributed by atoms with E-state index < -0.39 is 16.3 Å². The maximum Gasteiger partial charge on any atom is 0.327 e. The van der Waals surface area contributed by atoms with Crippen LogP contribution in [0, 0.1) is 5.82 Å². The molecule has 0 radical (unpaired) electrons. The molecule has 1 aliphatic heterocycles. The number of benzene rings is 2. The van der Waals surface area contributed by atoms with Gasteiger partial charge in [-0.2, -0.15) is 8.42 Å². The highest BCUT2D eigenvalue weighted by Crippen LogP contribution is 2.47. The van der Waals surface area contributed by atoms with Crippen LogP contribution in [0.4, 0.5) is 15.8 Å². The fourth-order valence-electron chi connectivity index (χ4n) is 3.47. The highest BCUT2D eigenvalue weighted by atomic mass is 32.2. The molecule has 1 aliphatic rings. The lowest BCUT2D eigenvalue weighted by Gasteiger charge is -2.31. The monoisotopic (exact) mass is 377 g/mol. The zero-order chi connectivity index (χ0) is 18.9. The Morgan fingerprint density at radius 2 is 1.69 bits per heavy atom. The van der Waals surface area contributed by atoms with Crippen molar-refractivity contribution < 1.29 is 12.8 Å². The van der Waals surface area contributed by atoms with E-state index in [9.17, 15) is 12.8 Å². The first-order valence-corrected chi connectivity index (χ1v) is 10.1. The molecular weight excluding hydrogens is 353 g/mol. The average Bonchev–Trinajstić information content (AvgIpc) is 2.82. The Balaban J connectivity index is 2.16. The van der Waals surface area contributed by atoms with Crippen LogP contribution < -0.4 is 13.9 Å². The topological polar surface area (TPSA) is 52.6 Å². The Kier molecular flexibility index (Phi) is 5.20. The highest BCUT2D eigenvalue weighted by Gasteiger charge is 2.45. The maximum atomic E-state index is 13.8. The predicted octanol–water partition coefficient (Wildman–Crippen LogP) is 3.46. The lowest BCUT2D eigenvalue weighted by molar-refractivity contribution is 0.555. The summed E-state index contributed by atoms with van der Waals surface area (Å²) >= 11 is 0. The van der Waals surface area contributed by atoms with Crippen molar-refractivity contribution in [1.82, 2.24) is 5.32 Å². The zero-order valence-electron chi connectivity index (χ0n) is 15.2. The van der Waals surface area contributed by atoms with Crippen molar-refractivity contribution in [2.45, 2.75) is 32.4 Å². The average molecular weight is 377 g/mol. The van der Waals surface area contributed by atoms with Gasteiger partial charge >= 0.3 is 10.2 Å². The fourth-order valence-corrected chi connectivity index (χ4v) is 5.54. The number of nitrogens with zero attached hydrogens (tertiary/aromatic N) is 2. The van der Waals surface area contributed by atoms with E-state index in [1.165, 1.54) is 20.7 Å². The number of anilines is 2. The van der Waals surface area contributed by atoms with Gasteiger partial charge < -0.3 is 5.32 Å². The Morgan fingerprint density at radius 1 is 1.04 bits per heavy atom. The molecule has 0 aromatic heterocycles. The van der Waals surface area contributed by atoms with E-state index in [4.69, 9.17) is 0 Å². The summed E-state index contributed by atoms with van der Waals surface area (Å²) in [7, 11) is -1.95. The number of hydrogen-bond donors (Lipinski definition) is 1. The molecule has 0 amide bonds. The molecule has 1 atom stereocenters. The van der Waals surface area contributed by atoms with E-state index in [0.29, 0.717) is 29.9 Å². The number of rotatable bonds is 6. The molecule has 26 heavy (non-hydrogen) atoms. The highest BCUT2D eigenvalue weighted by molar-refractivity contribution is 7.94. The largest absolute Gasteiger partial charge is 0.327 e. The van der Waals surface area contributed by atoms with Crippen LogP contribution in [0.1, 0.15) is 31.9 Å². The van der Waals surface area contributed by atoms with Gasteiger partial charge in [-0.1, -0.05) is 24.3 Å². The molecule has 0 bridgehead atoms. The third-order valence-corrected chi connectivity index (χ3v) is 6.57. The Hall–Kier alpha value is -2.12. The van der Waals surface area contributed by atoms with Crippen LogP contribution in [0.15, 0.2) is 48.5 Å². The van der Waals surface area contributed by atoms with E-state index >= 15 is 0 Å². The summed E-state index contributed by atoms with van der Waals surface area (Å²) < 4.78 is 43.5. The van der Waals surface area contributed by atoms with Crippen molar-refractivity contribution in [3.63, 3.8) is 0 Å². The van der Waals surface area contributed by atoms with Gasteiger partial charge in [0.1, 0.15) is 5.82 Å². The molecule has 140 valence electrons. The second-order valence-corrected chi connectivity index (χ2v) is 8.33. The van der Waals surface area contributed by atoms with Gasteiger partial charge in [0.05, 0.1) is 17.4 Å². The summed E-state index contributed by atoms with van der Waals surface area (Å²) in [5.74, 6) is -0.373. The fraction of sp³-hybridized carbons (Fsp3) is 0.368. The van der Waals surface area contributed by atoms with Crippen LogP contribution >= 0.6 is 0 Å². The molecule has 0 spiro atoms. The molecule has 5 nitrogen and oxygen atoms in total. The summed E-state index contributed by atoms with van der Waals surface area (Å²) in [6, 6.07) is 12.7. The first-order valence-electron chi connectivity index (χ1n) is 8.70. The van der Waals surface area contributed by atoms with Gasteiger partial charge in [0.2, 0.25) is 0 Å². The molecule has 1 N–H and O–H groups in total. The molecule has 0 saturated heterocycles. The lowest BCUT2D eigenvalue weighted by Crippen LogP contribution is -2.43. The number of nitrogens with one attached hydrogen (secondary N) is 1. The second kappa shape index (κ2) is 7.25. The van der Waals surface area contributed by atoms with E-state index in [1.54, 1.807) is 18.2 Å². The first kappa shape index (κ1) is 18.7. The van der Waals surface area contributed by atoms with Crippen LogP contribution in [0.25, 0.3) is 0 Å². The Bertz CT molecular complexity index is 886. The van der Waals surface area contributed by atoms with Crippen LogP contribution in [-0.4, -0.2) is 28.1 Å². The van der Waals surface area contributed by atoms with Crippen LogP contribution in [0.2, 0.25) is 0 Å². The molecule has 2 aromatic carbocycles.